The van der Waals surface area contributed by atoms with E-state index < -0.39 is 12.7 Å². The average molecular weight is 289 g/mol. The second-order valence-electron chi connectivity index (χ2n) is 5.23. The van der Waals surface area contributed by atoms with Crippen LogP contribution in [0.25, 0.3) is 0 Å². The number of nitrogens with zero attached hydrogens (tertiary/aromatic N) is 1. The van der Waals surface area contributed by atoms with Crippen LogP contribution in [0, 0.1) is 0 Å². The van der Waals surface area contributed by atoms with Gasteiger partial charge < -0.3 is 4.74 Å². The van der Waals surface area contributed by atoms with Crippen LogP contribution in [0.5, 0.6) is 0 Å². The third-order valence-corrected chi connectivity index (χ3v) is 3.02. The van der Waals surface area contributed by atoms with E-state index in [4.69, 9.17) is 4.74 Å². The van der Waals surface area contributed by atoms with Crippen LogP contribution < -0.4 is 0 Å². The summed E-state index contributed by atoms with van der Waals surface area (Å²) in [6.07, 6.45) is 2.45. The third kappa shape index (κ3) is 6.80. The molecule has 0 atom stereocenters. The predicted octanol–water partition coefficient (Wildman–Crippen LogP) is 4.07. The number of hydrogen-bond acceptors (Lipinski definition) is 2. The van der Waals surface area contributed by atoms with Gasteiger partial charge in [0.25, 0.3) is 0 Å². The van der Waals surface area contributed by atoms with Crippen molar-refractivity contribution in [3.8, 4) is 0 Å². The summed E-state index contributed by atoms with van der Waals surface area (Å²) in [5, 5.41) is 0. The van der Waals surface area contributed by atoms with Crippen LogP contribution in [0.3, 0.4) is 0 Å². The Hall–Kier alpha value is -1.23. The van der Waals surface area contributed by atoms with Gasteiger partial charge in [-0.1, -0.05) is 18.2 Å². The molecule has 1 aliphatic heterocycles. The number of hydrogen-bond donors (Lipinski definition) is 0. The van der Waals surface area contributed by atoms with Crippen molar-refractivity contribution < 1.29 is 17.9 Å². The minimum absolute atomic E-state index is 0.0331. The second-order valence-corrected chi connectivity index (χ2v) is 5.23. The third-order valence-electron chi connectivity index (χ3n) is 3.02. The Bertz CT molecular complexity index is 373. The summed E-state index contributed by atoms with van der Waals surface area (Å²) in [6, 6.07) is 0. The summed E-state index contributed by atoms with van der Waals surface area (Å²) in [4.78, 5) is 1.42. The number of piperidine rings is 1. The molecule has 0 amide bonds. The maximum atomic E-state index is 12.3. The van der Waals surface area contributed by atoms with Crippen LogP contribution in [-0.4, -0.2) is 36.8 Å². The Labute approximate surface area is 118 Å². The van der Waals surface area contributed by atoms with Crippen LogP contribution in [0.4, 0.5) is 13.2 Å². The van der Waals surface area contributed by atoms with Gasteiger partial charge in [-0.15, -0.1) is 0 Å². The van der Waals surface area contributed by atoms with E-state index in [1.165, 1.54) is 4.90 Å². The first-order chi connectivity index (χ1) is 9.30. The predicted molar refractivity (Wildman–Crippen MR) is 74.3 cm³/mol. The lowest BCUT2D eigenvalue weighted by Gasteiger charge is -2.32. The molecule has 0 unspecified atom stereocenters. The van der Waals surface area contributed by atoms with Crippen molar-refractivity contribution in [3.05, 3.63) is 36.1 Å². The Kier molecular flexibility index (Phi) is 6.33. The zero-order valence-electron chi connectivity index (χ0n) is 12.0. The first-order valence-corrected chi connectivity index (χ1v) is 6.73. The highest BCUT2D eigenvalue weighted by Gasteiger charge is 2.32. The lowest BCUT2D eigenvalue weighted by atomic mass is 10.1. The molecule has 1 aliphatic rings. The maximum Gasteiger partial charge on any atom is 0.401 e. The largest absolute Gasteiger partial charge is 0.490 e. The van der Waals surface area contributed by atoms with Gasteiger partial charge in [-0.2, -0.15) is 13.2 Å². The molecule has 2 nitrogen and oxygen atoms in total. The van der Waals surface area contributed by atoms with Crippen molar-refractivity contribution in [2.24, 2.45) is 0 Å². The molecular formula is C15H22F3NO. The fourth-order valence-electron chi connectivity index (χ4n) is 2.04. The molecule has 1 saturated heterocycles. The number of alkyl halides is 3. The number of ether oxygens (including phenoxy) is 1. The van der Waals surface area contributed by atoms with E-state index in [0.29, 0.717) is 31.7 Å². The fraction of sp³-hybridized carbons (Fsp3) is 0.600. The minimum atomic E-state index is -4.12. The number of rotatable bonds is 5. The quantitative estimate of drug-likeness (QED) is 0.559. The smallest absolute Gasteiger partial charge is 0.401 e. The highest BCUT2D eigenvalue weighted by molar-refractivity contribution is 5.19. The summed E-state index contributed by atoms with van der Waals surface area (Å²) in [5.74, 6) is 0.667. The van der Waals surface area contributed by atoms with Crippen molar-refractivity contribution in [2.75, 3.05) is 19.6 Å². The van der Waals surface area contributed by atoms with Crippen LogP contribution >= 0.6 is 0 Å². The van der Waals surface area contributed by atoms with Gasteiger partial charge in [0.1, 0.15) is 11.9 Å². The van der Waals surface area contributed by atoms with Gasteiger partial charge in [0.05, 0.1) is 6.54 Å². The van der Waals surface area contributed by atoms with E-state index in [1.807, 2.05) is 26.0 Å². The van der Waals surface area contributed by atoms with Gasteiger partial charge in [-0.05, 0) is 38.8 Å². The molecule has 0 aromatic carbocycles. The number of likely N-dealkylation sites (tertiary alicyclic amines) is 1. The van der Waals surface area contributed by atoms with E-state index in [0.717, 1.165) is 5.57 Å². The molecule has 0 bridgehead atoms. The molecular weight excluding hydrogens is 267 g/mol. The Balaban J connectivity index is 2.43. The Morgan fingerprint density at radius 2 is 1.85 bits per heavy atom. The van der Waals surface area contributed by atoms with E-state index in [1.54, 1.807) is 6.08 Å². The zero-order chi connectivity index (χ0) is 15.2. The Morgan fingerprint density at radius 1 is 1.25 bits per heavy atom. The highest BCUT2D eigenvalue weighted by Crippen LogP contribution is 2.22. The van der Waals surface area contributed by atoms with Crippen LogP contribution in [0.2, 0.25) is 0 Å². The molecule has 0 spiro atoms. The SMILES string of the molecule is C=C/C(=C\C=C(C)C)OC1CCN(CC(F)(F)F)CC1. The maximum absolute atomic E-state index is 12.3. The Morgan fingerprint density at radius 3 is 2.30 bits per heavy atom. The summed E-state index contributed by atoms with van der Waals surface area (Å²) < 4.78 is 42.6. The van der Waals surface area contributed by atoms with Gasteiger partial charge in [-0.3, -0.25) is 4.90 Å². The molecule has 0 aromatic rings. The van der Waals surface area contributed by atoms with Crippen LogP contribution in [-0.2, 0) is 4.74 Å². The van der Waals surface area contributed by atoms with Crippen molar-refractivity contribution >= 4 is 0 Å². The molecule has 0 radical (unpaired) electrons. The molecule has 0 aliphatic carbocycles. The number of halogens is 3. The molecule has 1 fully saturated rings. The first kappa shape index (κ1) is 16.8. The topological polar surface area (TPSA) is 12.5 Å². The van der Waals surface area contributed by atoms with Crippen molar-refractivity contribution in [2.45, 2.75) is 39.0 Å². The summed E-state index contributed by atoms with van der Waals surface area (Å²) in [5.41, 5.74) is 1.15. The average Bonchev–Trinajstić information content (AvgIpc) is 2.34. The van der Waals surface area contributed by atoms with Crippen molar-refractivity contribution in [1.29, 1.82) is 0 Å². The minimum Gasteiger partial charge on any atom is -0.490 e. The standard InChI is InChI=1S/C15H22F3NO/c1-4-13(6-5-12(2)3)20-14-7-9-19(10-8-14)11-15(16,17)18/h4-6,14H,1,7-11H2,2-3H3/b13-6+. The fourth-order valence-corrected chi connectivity index (χ4v) is 2.04. The van der Waals surface area contributed by atoms with Gasteiger partial charge >= 0.3 is 6.18 Å². The first-order valence-electron chi connectivity index (χ1n) is 6.73. The van der Waals surface area contributed by atoms with Crippen molar-refractivity contribution in [1.82, 2.24) is 4.90 Å². The van der Waals surface area contributed by atoms with E-state index >= 15 is 0 Å². The molecule has 0 N–H and O–H groups in total. The van der Waals surface area contributed by atoms with Crippen LogP contribution in [0.15, 0.2) is 36.1 Å². The lowest BCUT2D eigenvalue weighted by molar-refractivity contribution is -0.150. The molecule has 114 valence electrons. The molecule has 1 rings (SSSR count). The van der Waals surface area contributed by atoms with Gasteiger partial charge in [0.2, 0.25) is 0 Å². The van der Waals surface area contributed by atoms with Crippen molar-refractivity contribution in [3.63, 3.8) is 0 Å². The molecule has 1 heterocycles. The van der Waals surface area contributed by atoms with E-state index in [9.17, 15) is 13.2 Å². The van der Waals surface area contributed by atoms with E-state index in [2.05, 4.69) is 6.58 Å². The van der Waals surface area contributed by atoms with Crippen LogP contribution in [0.1, 0.15) is 26.7 Å². The van der Waals surface area contributed by atoms with Gasteiger partial charge in [0, 0.05) is 13.1 Å². The van der Waals surface area contributed by atoms with Gasteiger partial charge in [0.15, 0.2) is 0 Å². The van der Waals surface area contributed by atoms with E-state index in [-0.39, 0.29) is 6.10 Å². The number of allylic oxidation sites excluding steroid dienone is 4. The zero-order valence-corrected chi connectivity index (χ0v) is 12.0. The molecule has 0 aromatic heterocycles. The lowest BCUT2D eigenvalue weighted by Crippen LogP contribution is -2.41. The summed E-state index contributed by atoms with van der Waals surface area (Å²) in [7, 11) is 0. The summed E-state index contributed by atoms with van der Waals surface area (Å²) >= 11 is 0. The summed E-state index contributed by atoms with van der Waals surface area (Å²) in [6.45, 7) is 7.64. The van der Waals surface area contributed by atoms with Gasteiger partial charge in [-0.25, -0.2) is 0 Å². The highest BCUT2D eigenvalue weighted by atomic mass is 19.4. The second kappa shape index (κ2) is 7.53. The molecule has 5 heteroatoms. The molecule has 20 heavy (non-hydrogen) atoms. The normalized spacial score (nSPS) is 18.8. The monoisotopic (exact) mass is 289 g/mol. The molecule has 0 saturated carbocycles.